The summed E-state index contributed by atoms with van der Waals surface area (Å²) < 4.78 is 0. The van der Waals surface area contributed by atoms with Gasteiger partial charge in [-0.1, -0.05) is 32.0 Å². The molecule has 2 N–H and O–H groups in total. The van der Waals surface area contributed by atoms with E-state index in [0.29, 0.717) is 18.2 Å². The van der Waals surface area contributed by atoms with Gasteiger partial charge in [-0.05, 0) is 30.9 Å². The van der Waals surface area contributed by atoms with Crippen molar-refractivity contribution in [2.24, 2.45) is 5.92 Å². The number of carboxylic acid groups (broad SMARTS) is 1. The molecule has 0 saturated carbocycles. The Hall–Kier alpha value is -2.04. The minimum absolute atomic E-state index is 0.0751. The fraction of sp³-hybridized carbons (Fsp3) is 0.500. The Labute approximate surface area is 126 Å². The van der Waals surface area contributed by atoms with Crippen LogP contribution >= 0.6 is 0 Å². The third-order valence-electron chi connectivity index (χ3n) is 3.10. The van der Waals surface area contributed by atoms with Crippen LogP contribution in [0.15, 0.2) is 30.3 Å². The summed E-state index contributed by atoms with van der Waals surface area (Å²) in [4.78, 5) is 24.4. The third kappa shape index (κ3) is 6.79. The first kappa shape index (κ1) is 17.0. The quantitative estimate of drug-likeness (QED) is 0.723. The van der Waals surface area contributed by atoms with Gasteiger partial charge in [-0.15, -0.1) is 0 Å². The Balaban J connectivity index is 2.59. The van der Waals surface area contributed by atoms with E-state index in [4.69, 9.17) is 5.11 Å². The van der Waals surface area contributed by atoms with E-state index in [1.54, 1.807) is 12.1 Å². The number of amides is 2. The van der Waals surface area contributed by atoms with Crippen LogP contribution < -0.4 is 10.2 Å². The first-order chi connectivity index (χ1) is 10.0. The van der Waals surface area contributed by atoms with Crippen LogP contribution in [0.3, 0.4) is 0 Å². The molecule has 21 heavy (non-hydrogen) atoms. The Kier molecular flexibility index (Phi) is 7.29. The first-order valence-corrected chi connectivity index (χ1v) is 7.33. The number of aliphatic carboxylic acids is 1. The highest BCUT2D eigenvalue weighted by atomic mass is 16.4. The number of nitrogens with one attached hydrogen (secondary N) is 1. The smallest absolute Gasteiger partial charge is 0.321 e. The number of rotatable bonds is 8. The SMILES string of the molecule is CC(C)CCCNC(=O)N(CCC(=O)O)c1ccccc1. The Bertz CT molecular complexity index is 446. The molecule has 0 aromatic heterocycles. The Morgan fingerprint density at radius 1 is 1.24 bits per heavy atom. The number of para-hydroxylation sites is 1. The van der Waals surface area contributed by atoms with Gasteiger partial charge in [0, 0.05) is 18.8 Å². The number of urea groups is 1. The van der Waals surface area contributed by atoms with Crippen molar-refractivity contribution in [2.45, 2.75) is 33.1 Å². The van der Waals surface area contributed by atoms with E-state index in [9.17, 15) is 9.59 Å². The predicted molar refractivity (Wildman–Crippen MR) is 83.5 cm³/mol. The minimum Gasteiger partial charge on any atom is -0.481 e. The van der Waals surface area contributed by atoms with Gasteiger partial charge < -0.3 is 10.4 Å². The molecule has 5 heteroatoms. The zero-order valence-electron chi connectivity index (χ0n) is 12.7. The maximum Gasteiger partial charge on any atom is 0.321 e. The standard InChI is InChI=1S/C16H24N2O3/c1-13(2)7-6-11-17-16(21)18(12-10-15(19)20)14-8-4-3-5-9-14/h3-5,8-9,13H,6-7,10-12H2,1-2H3,(H,17,21)(H,19,20). The number of carbonyl (C=O) groups is 2. The van der Waals surface area contributed by atoms with Crippen LogP contribution in [-0.2, 0) is 4.79 Å². The summed E-state index contributed by atoms with van der Waals surface area (Å²) in [6.07, 6.45) is 1.90. The monoisotopic (exact) mass is 292 g/mol. The Morgan fingerprint density at radius 3 is 2.48 bits per heavy atom. The van der Waals surface area contributed by atoms with E-state index in [1.807, 2.05) is 18.2 Å². The van der Waals surface area contributed by atoms with Gasteiger partial charge in [-0.3, -0.25) is 9.69 Å². The van der Waals surface area contributed by atoms with Crippen LogP contribution in [0.1, 0.15) is 33.1 Å². The normalized spacial score (nSPS) is 10.4. The van der Waals surface area contributed by atoms with Crippen molar-refractivity contribution in [2.75, 3.05) is 18.0 Å². The molecule has 0 unspecified atom stereocenters. The molecule has 0 aliphatic carbocycles. The van der Waals surface area contributed by atoms with E-state index in [1.165, 1.54) is 4.90 Å². The highest BCUT2D eigenvalue weighted by molar-refractivity contribution is 5.92. The van der Waals surface area contributed by atoms with E-state index >= 15 is 0 Å². The summed E-state index contributed by atoms with van der Waals surface area (Å²) in [6.45, 7) is 5.05. The second-order valence-electron chi connectivity index (χ2n) is 5.40. The molecule has 116 valence electrons. The number of carbonyl (C=O) groups excluding carboxylic acids is 1. The Morgan fingerprint density at radius 2 is 1.90 bits per heavy atom. The fourth-order valence-electron chi connectivity index (χ4n) is 1.96. The highest BCUT2D eigenvalue weighted by Gasteiger charge is 2.16. The van der Waals surface area contributed by atoms with Crippen molar-refractivity contribution in [3.63, 3.8) is 0 Å². The molecule has 0 aliphatic heterocycles. The number of carboxylic acids is 1. The largest absolute Gasteiger partial charge is 0.481 e. The second kappa shape index (κ2) is 9.00. The molecule has 0 fully saturated rings. The van der Waals surface area contributed by atoms with Gasteiger partial charge in [0.15, 0.2) is 0 Å². The third-order valence-corrected chi connectivity index (χ3v) is 3.10. The number of nitrogens with zero attached hydrogens (tertiary/aromatic N) is 1. The van der Waals surface area contributed by atoms with Crippen molar-refractivity contribution in [1.29, 1.82) is 0 Å². The lowest BCUT2D eigenvalue weighted by molar-refractivity contribution is -0.136. The number of hydrogen-bond donors (Lipinski definition) is 2. The van der Waals surface area contributed by atoms with Crippen molar-refractivity contribution >= 4 is 17.7 Å². The summed E-state index contributed by atoms with van der Waals surface area (Å²) in [5.74, 6) is -0.303. The second-order valence-corrected chi connectivity index (χ2v) is 5.40. The van der Waals surface area contributed by atoms with Crippen LogP contribution in [0, 0.1) is 5.92 Å². The average Bonchev–Trinajstić information content (AvgIpc) is 2.44. The molecule has 1 aromatic carbocycles. The lowest BCUT2D eigenvalue weighted by Crippen LogP contribution is -2.41. The van der Waals surface area contributed by atoms with E-state index in [2.05, 4.69) is 19.2 Å². The molecular weight excluding hydrogens is 268 g/mol. The summed E-state index contributed by atoms with van der Waals surface area (Å²) >= 11 is 0. The molecule has 0 spiro atoms. The summed E-state index contributed by atoms with van der Waals surface area (Å²) in [7, 11) is 0. The molecule has 0 heterocycles. The van der Waals surface area contributed by atoms with Crippen molar-refractivity contribution in [3.05, 3.63) is 30.3 Å². The topological polar surface area (TPSA) is 69.6 Å². The zero-order chi connectivity index (χ0) is 15.7. The van der Waals surface area contributed by atoms with Gasteiger partial charge in [0.2, 0.25) is 0 Å². The van der Waals surface area contributed by atoms with E-state index < -0.39 is 5.97 Å². The molecule has 0 radical (unpaired) electrons. The van der Waals surface area contributed by atoms with Crippen molar-refractivity contribution < 1.29 is 14.7 Å². The molecule has 1 aromatic rings. The van der Waals surface area contributed by atoms with E-state index in [-0.39, 0.29) is 19.0 Å². The number of benzene rings is 1. The summed E-state index contributed by atoms with van der Waals surface area (Å²) in [6, 6.07) is 8.88. The van der Waals surface area contributed by atoms with E-state index in [0.717, 1.165) is 12.8 Å². The van der Waals surface area contributed by atoms with Gasteiger partial charge in [-0.25, -0.2) is 4.79 Å². The summed E-state index contributed by atoms with van der Waals surface area (Å²) in [5, 5.41) is 11.7. The lowest BCUT2D eigenvalue weighted by atomic mass is 10.1. The van der Waals surface area contributed by atoms with Crippen molar-refractivity contribution in [1.82, 2.24) is 5.32 Å². The van der Waals surface area contributed by atoms with Gasteiger partial charge in [-0.2, -0.15) is 0 Å². The van der Waals surface area contributed by atoms with Crippen LogP contribution in [0.25, 0.3) is 0 Å². The molecule has 2 amide bonds. The fourth-order valence-corrected chi connectivity index (χ4v) is 1.96. The predicted octanol–water partition coefficient (Wildman–Crippen LogP) is 3.11. The maximum absolute atomic E-state index is 12.2. The van der Waals surface area contributed by atoms with Gasteiger partial charge in [0.05, 0.1) is 6.42 Å². The van der Waals surface area contributed by atoms with Crippen LogP contribution in [0.4, 0.5) is 10.5 Å². The molecule has 0 bridgehead atoms. The lowest BCUT2D eigenvalue weighted by Gasteiger charge is -2.22. The maximum atomic E-state index is 12.2. The van der Waals surface area contributed by atoms with Gasteiger partial charge in [0.1, 0.15) is 0 Å². The summed E-state index contributed by atoms with van der Waals surface area (Å²) in [5.41, 5.74) is 0.708. The molecule has 5 nitrogen and oxygen atoms in total. The average molecular weight is 292 g/mol. The molecular formula is C16H24N2O3. The van der Waals surface area contributed by atoms with Crippen LogP contribution in [0.2, 0.25) is 0 Å². The zero-order valence-corrected chi connectivity index (χ0v) is 12.7. The molecule has 0 aliphatic rings. The van der Waals surface area contributed by atoms with Gasteiger partial charge in [0.25, 0.3) is 0 Å². The molecule has 0 atom stereocenters. The van der Waals surface area contributed by atoms with Crippen LogP contribution in [-0.4, -0.2) is 30.2 Å². The number of hydrogen-bond acceptors (Lipinski definition) is 2. The van der Waals surface area contributed by atoms with Gasteiger partial charge >= 0.3 is 12.0 Å². The molecule has 1 rings (SSSR count). The van der Waals surface area contributed by atoms with Crippen molar-refractivity contribution in [3.8, 4) is 0 Å². The highest BCUT2D eigenvalue weighted by Crippen LogP contribution is 2.14. The first-order valence-electron chi connectivity index (χ1n) is 7.33. The molecule has 0 saturated heterocycles. The number of anilines is 1. The van der Waals surface area contributed by atoms with Crippen LogP contribution in [0.5, 0.6) is 0 Å². The minimum atomic E-state index is -0.913.